The molecule has 0 N–H and O–H groups in total. The fourth-order valence-corrected chi connectivity index (χ4v) is 4.71. The number of pyridine rings is 1. The van der Waals surface area contributed by atoms with Gasteiger partial charge in [0, 0.05) is 49.2 Å². The summed E-state index contributed by atoms with van der Waals surface area (Å²) in [7, 11) is 0. The molecule has 5 rings (SSSR count). The van der Waals surface area contributed by atoms with E-state index in [2.05, 4.69) is 25.9 Å². The van der Waals surface area contributed by atoms with Crippen molar-refractivity contribution in [3.05, 3.63) is 66.5 Å². The molecular formula is C28H28FN7O2. The number of nitrogens with zero attached hydrogens (tertiary/aromatic N) is 7. The van der Waals surface area contributed by atoms with Gasteiger partial charge >= 0.3 is 6.09 Å². The van der Waals surface area contributed by atoms with E-state index in [4.69, 9.17) is 4.74 Å². The molecule has 1 aromatic carbocycles. The Hall–Kier alpha value is -4.52. The molecule has 0 radical (unpaired) electrons. The molecule has 0 unspecified atom stereocenters. The lowest BCUT2D eigenvalue weighted by atomic mass is 10.0. The van der Waals surface area contributed by atoms with Crippen LogP contribution in [0.2, 0.25) is 0 Å². The van der Waals surface area contributed by atoms with Gasteiger partial charge < -0.3 is 14.5 Å². The van der Waals surface area contributed by atoms with E-state index in [1.54, 1.807) is 52.2 Å². The molecule has 1 fully saturated rings. The first kappa shape index (κ1) is 25.1. The van der Waals surface area contributed by atoms with Gasteiger partial charge in [-0.05, 0) is 45.9 Å². The molecule has 4 aromatic rings. The number of piperazine rings is 1. The van der Waals surface area contributed by atoms with Crippen molar-refractivity contribution in [1.82, 2.24) is 24.4 Å². The average molecular weight is 514 g/mol. The normalized spacial score (nSPS) is 15.9. The second-order valence-corrected chi connectivity index (χ2v) is 10.3. The van der Waals surface area contributed by atoms with Crippen molar-refractivity contribution in [3.8, 4) is 23.0 Å². The number of fused-ring (bicyclic) bond motifs is 1. The highest BCUT2D eigenvalue weighted by atomic mass is 19.1. The van der Waals surface area contributed by atoms with Crippen LogP contribution in [0.3, 0.4) is 0 Å². The van der Waals surface area contributed by atoms with Gasteiger partial charge in [-0.25, -0.2) is 24.1 Å². The second-order valence-electron chi connectivity index (χ2n) is 10.3. The maximum atomic E-state index is 15.1. The lowest BCUT2D eigenvalue weighted by Crippen LogP contribution is -2.54. The second kappa shape index (κ2) is 9.74. The van der Waals surface area contributed by atoms with Crippen LogP contribution in [0.4, 0.5) is 15.0 Å². The number of hydrogen-bond acceptors (Lipinski definition) is 7. The van der Waals surface area contributed by atoms with E-state index in [1.807, 2.05) is 27.7 Å². The van der Waals surface area contributed by atoms with Crippen molar-refractivity contribution in [1.29, 1.82) is 5.26 Å². The van der Waals surface area contributed by atoms with Gasteiger partial charge in [0.1, 0.15) is 29.4 Å². The molecule has 0 saturated carbocycles. The van der Waals surface area contributed by atoms with Crippen molar-refractivity contribution in [2.45, 2.75) is 39.3 Å². The predicted octanol–water partition coefficient (Wildman–Crippen LogP) is 4.94. The summed E-state index contributed by atoms with van der Waals surface area (Å²) in [4.78, 5) is 30.1. The molecule has 1 atom stereocenters. The minimum atomic E-state index is -0.579. The number of hydrogen-bond donors (Lipinski definition) is 0. The number of amides is 1. The molecule has 1 aliphatic rings. The van der Waals surface area contributed by atoms with E-state index < -0.39 is 5.60 Å². The van der Waals surface area contributed by atoms with Crippen molar-refractivity contribution >= 4 is 22.9 Å². The standard InChI is InChI=1S/C28H28FN7O2/c1-18-15-34(27(37)38-28(2,3)4)11-12-35(18)25-24-21(20-7-5-6-8-22(20)29)16-36(26(24)33-17-32-25)23-13-19(14-30)9-10-31-23/h5-10,13,16-18H,11-12,15H2,1-4H3/t18-/m1/s1. The van der Waals surface area contributed by atoms with Crippen LogP contribution in [0.25, 0.3) is 28.0 Å². The first-order chi connectivity index (χ1) is 18.2. The van der Waals surface area contributed by atoms with Crippen molar-refractivity contribution < 1.29 is 13.9 Å². The van der Waals surface area contributed by atoms with Crippen LogP contribution in [0.5, 0.6) is 0 Å². The zero-order valence-corrected chi connectivity index (χ0v) is 21.7. The summed E-state index contributed by atoms with van der Waals surface area (Å²) in [5, 5.41) is 10.1. The zero-order chi connectivity index (χ0) is 27.0. The predicted molar refractivity (Wildman–Crippen MR) is 141 cm³/mol. The fraction of sp³-hybridized carbons (Fsp3) is 0.321. The van der Waals surface area contributed by atoms with Gasteiger partial charge in [0.25, 0.3) is 0 Å². The van der Waals surface area contributed by atoms with Gasteiger partial charge in [0.15, 0.2) is 5.65 Å². The summed E-state index contributed by atoms with van der Waals surface area (Å²) in [6, 6.07) is 11.9. The van der Waals surface area contributed by atoms with E-state index >= 15 is 4.39 Å². The van der Waals surface area contributed by atoms with Gasteiger partial charge in [0.2, 0.25) is 0 Å². The fourth-order valence-electron chi connectivity index (χ4n) is 4.71. The van der Waals surface area contributed by atoms with Crippen LogP contribution in [-0.4, -0.2) is 61.8 Å². The highest BCUT2D eigenvalue weighted by Crippen LogP contribution is 2.38. The van der Waals surface area contributed by atoms with Crippen LogP contribution in [-0.2, 0) is 4.74 Å². The van der Waals surface area contributed by atoms with E-state index in [1.165, 1.54) is 12.4 Å². The number of nitriles is 1. The number of rotatable bonds is 3. The third-order valence-electron chi connectivity index (χ3n) is 6.40. The molecule has 38 heavy (non-hydrogen) atoms. The van der Waals surface area contributed by atoms with Gasteiger partial charge in [-0.1, -0.05) is 18.2 Å². The average Bonchev–Trinajstić information content (AvgIpc) is 3.28. The smallest absolute Gasteiger partial charge is 0.410 e. The monoisotopic (exact) mass is 513 g/mol. The number of anilines is 1. The molecule has 1 saturated heterocycles. The number of benzene rings is 1. The molecule has 194 valence electrons. The Labute approximate surface area is 220 Å². The largest absolute Gasteiger partial charge is 0.444 e. The Morgan fingerprint density at radius 1 is 1.13 bits per heavy atom. The van der Waals surface area contributed by atoms with Gasteiger partial charge in [0.05, 0.1) is 17.0 Å². The summed E-state index contributed by atoms with van der Waals surface area (Å²) in [6.07, 6.45) is 4.47. The number of ether oxygens (including phenoxy) is 1. The lowest BCUT2D eigenvalue weighted by Gasteiger charge is -2.41. The van der Waals surface area contributed by atoms with Gasteiger partial charge in [-0.15, -0.1) is 0 Å². The number of carbonyl (C=O) groups is 1. The molecule has 1 amide bonds. The molecule has 9 nitrogen and oxygen atoms in total. The van der Waals surface area contributed by atoms with Gasteiger partial charge in [-0.3, -0.25) is 4.57 Å². The Morgan fingerprint density at radius 2 is 1.92 bits per heavy atom. The number of carbonyl (C=O) groups excluding carboxylic acids is 1. The third kappa shape index (κ3) is 4.75. The molecule has 1 aliphatic heterocycles. The van der Waals surface area contributed by atoms with Crippen LogP contribution in [0.15, 0.2) is 55.1 Å². The van der Waals surface area contributed by atoms with Crippen molar-refractivity contribution in [2.24, 2.45) is 0 Å². The van der Waals surface area contributed by atoms with Crippen molar-refractivity contribution in [2.75, 3.05) is 24.5 Å². The van der Waals surface area contributed by atoms with Crippen LogP contribution < -0.4 is 4.90 Å². The highest BCUT2D eigenvalue weighted by molar-refractivity contribution is 6.02. The quantitative estimate of drug-likeness (QED) is 0.383. The van der Waals surface area contributed by atoms with E-state index in [-0.39, 0.29) is 18.0 Å². The molecule has 0 aliphatic carbocycles. The summed E-state index contributed by atoms with van der Waals surface area (Å²) in [5.41, 5.74) is 1.43. The number of halogens is 1. The van der Waals surface area contributed by atoms with Gasteiger partial charge in [-0.2, -0.15) is 5.26 Å². The van der Waals surface area contributed by atoms with Crippen LogP contribution in [0.1, 0.15) is 33.3 Å². The molecule has 4 heterocycles. The summed E-state index contributed by atoms with van der Waals surface area (Å²) < 4.78 is 22.4. The van der Waals surface area contributed by atoms with E-state index in [0.29, 0.717) is 59.0 Å². The summed E-state index contributed by atoms with van der Waals surface area (Å²) >= 11 is 0. The maximum absolute atomic E-state index is 15.1. The van der Waals surface area contributed by atoms with E-state index in [0.717, 1.165) is 0 Å². The Kier molecular flexibility index (Phi) is 6.45. The molecular weight excluding hydrogens is 485 g/mol. The van der Waals surface area contributed by atoms with Crippen molar-refractivity contribution in [3.63, 3.8) is 0 Å². The topological polar surface area (TPSA) is 100 Å². The summed E-state index contributed by atoms with van der Waals surface area (Å²) in [5.74, 6) is 0.756. The minimum Gasteiger partial charge on any atom is -0.444 e. The maximum Gasteiger partial charge on any atom is 0.410 e. The molecule has 3 aromatic heterocycles. The Morgan fingerprint density at radius 3 is 2.63 bits per heavy atom. The highest BCUT2D eigenvalue weighted by Gasteiger charge is 2.32. The SMILES string of the molecule is C[C@@H]1CN(C(=O)OC(C)(C)C)CCN1c1ncnc2c1c(-c1ccccc1F)cn2-c1cc(C#N)ccn1. The molecule has 10 heteroatoms. The van der Waals surface area contributed by atoms with E-state index in [9.17, 15) is 10.1 Å². The van der Waals surface area contributed by atoms with Crippen LogP contribution >= 0.6 is 0 Å². The lowest BCUT2D eigenvalue weighted by molar-refractivity contribution is 0.0218. The summed E-state index contributed by atoms with van der Waals surface area (Å²) in [6.45, 7) is 8.96. The third-order valence-corrected chi connectivity index (χ3v) is 6.40. The van der Waals surface area contributed by atoms with Crippen LogP contribution in [0, 0.1) is 17.1 Å². The Balaban J connectivity index is 1.62. The minimum absolute atomic E-state index is 0.0915. The molecule has 0 spiro atoms. The number of aromatic nitrogens is 4. The first-order valence-electron chi connectivity index (χ1n) is 12.4. The molecule has 0 bridgehead atoms. The Bertz CT molecular complexity index is 1550. The first-order valence-corrected chi connectivity index (χ1v) is 12.4. The zero-order valence-electron chi connectivity index (χ0n) is 21.7.